The predicted molar refractivity (Wildman–Crippen MR) is 72.6 cm³/mol. The summed E-state index contributed by atoms with van der Waals surface area (Å²) in [5, 5.41) is 3.24. The van der Waals surface area contributed by atoms with Crippen LogP contribution in [0.4, 0.5) is 18.9 Å². The van der Waals surface area contributed by atoms with Crippen molar-refractivity contribution in [2.24, 2.45) is 11.5 Å². The molecule has 1 aromatic rings. The first kappa shape index (κ1) is 17.0. The summed E-state index contributed by atoms with van der Waals surface area (Å²) in [5.74, 6) is -1.17. The summed E-state index contributed by atoms with van der Waals surface area (Å²) in [6, 6.07) is -1.14. The second kappa shape index (κ2) is 7.11. The van der Waals surface area contributed by atoms with E-state index in [1.54, 1.807) is 0 Å². The van der Waals surface area contributed by atoms with Gasteiger partial charge in [-0.05, 0) is 6.08 Å². The van der Waals surface area contributed by atoms with E-state index in [0.717, 1.165) is 17.0 Å². The van der Waals surface area contributed by atoms with Crippen LogP contribution in [0.1, 0.15) is 12.5 Å². The molecule has 1 unspecified atom stereocenters. The van der Waals surface area contributed by atoms with Crippen molar-refractivity contribution in [3.05, 3.63) is 34.8 Å². The molecule has 0 radical (unpaired) electrons. The Morgan fingerprint density at radius 2 is 2.14 bits per heavy atom. The van der Waals surface area contributed by atoms with Crippen molar-refractivity contribution >= 4 is 17.3 Å². The molecule has 1 heterocycles. The van der Waals surface area contributed by atoms with Gasteiger partial charge in [0.05, 0.1) is 24.5 Å². The largest absolute Gasteiger partial charge is 0.482 e. The van der Waals surface area contributed by atoms with E-state index in [0.29, 0.717) is 0 Å². The van der Waals surface area contributed by atoms with Crippen LogP contribution in [0, 0.1) is 5.95 Å². The van der Waals surface area contributed by atoms with E-state index in [1.807, 2.05) is 0 Å². The first-order valence-electron chi connectivity index (χ1n) is 5.70. The van der Waals surface area contributed by atoms with Crippen molar-refractivity contribution in [1.82, 2.24) is 9.78 Å². The average molecular weight is 326 g/mol. The average Bonchev–Trinajstić information content (AvgIpc) is 2.72. The zero-order chi connectivity index (χ0) is 16.2. The summed E-state index contributed by atoms with van der Waals surface area (Å²) in [5.41, 5.74) is 16.0. The van der Waals surface area contributed by atoms with E-state index in [1.165, 1.54) is 7.11 Å². The number of nitrogens with two attached hydrogens (primary N) is 3. The molecular formula is C11H15ClF3N5O. The molecule has 6 N–H and O–H groups in total. The van der Waals surface area contributed by atoms with Crippen molar-refractivity contribution in [2.75, 3.05) is 12.8 Å². The van der Waals surface area contributed by atoms with Crippen LogP contribution in [0.2, 0.25) is 0 Å². The third kappa shape index (κ3) is 4.48. The number of halogens is 4. The van der Waals surface area contributed by atoms with E-state index >= 15 is 0 Å². The smallest absolute Gasteiger partial charge is 0.255 e. The lowest BCUT2D eigenvalue weighted by atomic mass is 10.0. The molecule has 0 saturated carbocycles. The van der Waals surface area contributed by atoms with Crippen molar-refractivity contribution in [1.29, 1.82) is 0 Å². The van der Waals surface area contributed by atoms with Gasteiger partial charge < -0.3 is 21.9 Å². The van der Waals surface area contributed by atoms with Crippen LogP contribution in [0.25, 0.3) is 0 Å². The molecule has 1 aromatic heterocycles. The van der Waals surface area contributed by atoms with Crippen LogP contribution >= 0.6 is 11.6 Å². The Morgan fingerprint density at radius 1 is 1.52 bits per heavy atom. The van der Waals surface area contributed by atoms with Crippen LogP contribution in [0.3, 0.4) is 0 Å². The Kier molecular flexibility index (Phi) is 5.77. The Balaban J connectivity index is 3.37. The number of methoxy groups -OCH3 is 1. The van der Waals surface area contributed by atoms with Crippen molar-refractivity contribution in [3.8, 4) is 0 Å². The molecule has 0 aromatic carbocycles. The Hall–Kier alpha value is -2.03. The molecule has 0 saturated heterocycles. The first-order chi connectivity index (χ1) is 9.76. The van der Waals surface area contributed by atoms with E-state index in [-0.39, 0.29) is 22.3 Å². The molecule has 0 aliphatic carbocycles. The monoisotopic (exact) mass is 325 g/mol. The number of anilines is 1. The number of nitrogens with zero attached hydrogens (tertiary/aromatic N) is 2. The first-order valence-corrected chi connectivity index (χ1v) is 6.08. The van der Waals surface area contributed by atoms with E-state index in [2.05, 4.69) is 5.10 Å². The van der Waals surface area contributed by atoms with Gasteiger partial charge in [-0.2, -0.15) is 4.39 Å². The normalized spacial score (nSPS) is 15.0. The van der Waals surface area contributed by atoms with Gasteiger partial charge in [-0.15, -0.1) is 5.10 Å². The molecule has 1 rings (SSSR count). The van der Waals surface area contributed by atoms with Crippen molar-refractivity contribution in [3.63, 3.8) is 0 Å². The van der Waals surface area contributed by atoms with E-state index in [4.69, 9.17) is 33.5 Å². The third-order valence-electron chi connectivity index (χ3n) is 2.59. The topological polar surface area (TPSA) is 105 Å². The number of alkyl halides is 2. The molecule has 0 spiro atoms. The highest BCUT2D eigenvalue weighted by atomic mass is 35.5. The SMILES string of the molecule is CO/C(N)=C(/C=C(\N)Cl)C(CC(F)F)n1cc(N)c(F)n1. The highest BCUT2D eigenvalue weighted by Crippen LogP contribution is 2.29. The Morgan fingerprint density at radius 3 is 2.52 bits per heavy atom. The molecule has 118 valence electrons. The number of rotatable bonds is 6. The van der Waals surface area contributed by atoms with Gasteiger partial charge in [0.1, 0.15) is 5.69 Å². The van der Waals surface area contributed by atoms with Crippen LogP contribution in [-0.4, -0.2) is 23.3 Å². The highest BCUT2D eigenvalue weighted by Gasteiger charge is 2.25. The number of hydrogen-bond acceptors (Lipinski definition) is 5. The van der Waals surface area contributed by atoms with Crippen LogP contribution < -0.4 is 17.2 Å². The van der Waals surface area contributed by atoms with Gasteiger partial charge in [-0.3, -0.25) is 4.68 Å². The number of ether oxygens (including phenoxy) is 1. The molecule has 0 amide bonds. The minimum Gasteiger partial charge on any atom is -0.482 e. The molecule has 0 fully saturated rings. The van der Waals surface area contributed by atoms with Gasteiger partial charge in [0.25, 0.3) is 5.95 Å². The molecular weight excluding hydrogens is 311 g/mol. The van der Waals surface area contributed by atoms with Crippen LogP contribution in [0.15, 0.2) is 28.9 Å². The van der Waals surface area contributed by atoms with Gasteiger partial charge >= 0.3 is 0 Å². The summed E-state index contributed by atoms with van der Waals surface area (Å²) in [6.07, 6.45) is -1.21. The van der Waals surface area contributed by atoms with Crippen LogP contribution in [0.5, 0.6) is 0 Å². The van der Waals surface area contributed by atoms with E-state index < -0.39 is 24.8 Å². The fourth-order valence-corrected chi connectivity index (χ4v) is 1.81. The van der Waals surface area contributed by atoms with Gasteiger partial charge in [-0.25, -0.2) is 8.78 Å². The van der Waals surface area contributed by atoms with E-state index in [9.17, 15) is 13.2 Å². The molecule has 10 heteroatoms. The predicted octanol–water partition coefficient (Wildman–Crippen LogP) is 1.66. The van der Waals surface area contributed by atoms with Gasteiger partial charge in [0.15, 0.2) is 5.88 Å². The molecule has 6 nitrogen and oxygen atoms in total. The maximum absolute atomic E-state index is 13.3. The Labute approximate surface area is 124 Å². The van der Waals surface area contributed by atoms with Gasteiger partial charge in [-0.1, -0.05) is 11.6 Å². The standard InChI is InChI=1S/C11H15ClF3N5O/c1-21-11(18)5(2-8(12)17)7(3-9(13)14)20-4-6(16)10(15)19-20/h2,4,7,9H,3,16-18H2,1H3/b8-2-,11-5-. The van der Waals surface area contributed by atoms with Crippen molar-refractivity contribution < 1.29 is 17.9 Å². The second-order valence-electron chi connectivity index (χ2n) is 4.05. The number of allylic oxidation sites excluding steroid dienone is 2. The van der Waals surface area contributed by atoms with Gasteiger partial charge in [0, 0.05) is 12.0 Å². The summed E-state index contributed by atoms with van der Waals surface area (Å²) >= 11 is 5.56. The highest BCUT2D eigenvalue weighted by molar-refractivity contribution is 6.29. The summed E-state index contributed by atoms with van der Waals surface area (Å²) in [6.45, 7) is 0. The fourth-order valence-electron chi connectivity index (χ4n) is 1.69. The molecule has 21 heavy (non-hydrogen) atoms. The Bertz CT molecular complexity index is 535. The molecule has 0 aliphatic rings. The van der Waals surface area contributed by atoms with Crippen molar-refractivity contribution in [2.45, 2.75) is 18.9 Å². The quantitative estimate of drug-likeness (QED) is 0.419. The zero-order valence-electron chi connectivity index (χ0n) is 11.1. The molecule has 0 bridgehead atoms. The van der Waals surface area contributed by atoms with Crippen LogP contribution in [-0.2, 0) is 4.74 Å². The molecule has 1 atom stereocenters. The summed E-state index contributed by atoms with van der Waals surface area (Å²) < 4.78 is 44.6. The maximum atomic E-state index is 13.3. The lowest BCUT2D eigenvalue weighted by molar-refractivity contribution is 0.119. The molecule has 0 aliphatic heterocycles. The minimum absolute atomic E-state index is 0.0350. The minimum atomic E-state index is -2.71. The number of aromatic nitrogens is 2. The second-order valence-corrected chi connectivity index (χ2v) is 4.49. The summed E-state index contributed by atoms with van der Waals surface area (Å²) in [4.78, 5) is 0. The van der Waals surface area contributed by atoms with Gasteiger partial charge in [0.2, 0.25) is 6.43 Å². The number of nitrogen functional groups attached to an aromatic ring is 1. The lowest BCUT2D eigenvalue weighted by Gasteiger charge is -2.20. The number of hydrogen-bond donors (Lipinski definition) is 3. The summed E-state index contributed by atoms with van der Waals surface area (Å²) in [7, 11) is 1.24. The third-order valence-corrected chi connectivity index (χ3v) is 2.70. The lowest BCUT2D eigenvalue weighted by Crippen LogP contribution is -2.20. The zero-order valence-corrected chi connectivity index (χ0v) is 11.8. The fraction of sp³-hybridized carbons (Fsp3) is 0.364. The maximum Gasteiger partial charge on any atom is 0.255 e.